The van der Waals surface area contributed by atoms with Crippen LogP contribution in [0.4, 0.5) is 5.69 Å². The predicted octanol–water partition coefficient (Wildman–Crippen LogP) is 1.35. The molecule has 0 aliphatic carbocycles. The molecule has 0 radical (unpaired) electrons. The van der Waals surface area contributed by atoms with Gasteiger partial charge in [-0.25, -0.2) is 13.1 Å². The Bertz CT molecular complexity index is 683. The number of aryl methyl sites for hydroxylation is 1. The fourth-order valence-corrected chi connectivity index (χ4v) is 3.41. The van der Waals surface area contributed by atoms with E-state index in [2.05, 4.69) is 4.72 Å². The first-order valence-electron chi connectivity index (χ1n) is 6.04. The minimum Gasteiger partial charge on any atom is -0.481 e. The smallest absolute Gasteiger partial charge is 0.304 e. The fourth-order valence-electron chi connectivity index (χ4n) is 1.83. The van der Waals surface area contributed by atoms with Gasteiger partial charge in [0.15, 0.2) is 0 Å². The highest BCUT2D eigenvalue weighted by Crippen LogP contribution is 2.25. The average Bonchev–Trinajstić information content (AvgIpc) is 2.29. The van der Waals surface area contributed by atoms with Crippen molar-refractivity contribution in [3.8, 4) is 0 Å². The molecule has 0 bridgehead atoms. The summed E-state index contributed by atoms with van der Waals surface area (Å²) in [5.74, 6) is -1.14. The molecule has 9 heteroatoms. The number of non-ortho nitro benzene ring substituents is 1. The highest BCUT2D eigenvalue weighted by atomic mass is 32.2. The molecule has 21 heavy (non-hydrogen) atoms. The SMILES string of the molecule is Cc1cc([N+](=O)[O-])cc(S(=O)(=O)NC(C)CC(=O)O)c1C. The number of benzene rings is 1. The molecule has 8 nitrogen and oxygen atoms in total. The molecule has 1 unspecified atom stereocenters. The molecule has 0 amide bonds. The maximum Gasteiger partial charge on any atom is 0.304 e. The number of carboxylic acid groups (broad SMARTS) is 1. The summed E-state index contributed by atoms with van der Waals surface area (Å²) in [6, 6.07) is 1.43. The summed E-state index contributed by atoms with van der Waals surface area (Å²) >= 11 is 0. The second kappa shape index (κ2) is 6.19. The minimum atomic E-state index is -4.03. The molecule has 0 fully saturated rings. The van der Waals surface area contributed by atoms with E-state index in [1.54, 1.807) is 6.92 Å². The number of nitro benzene ring substituents is 1. The summed E-state index contributed by atoms with van der Waals surface area (Å²) in [5.41, 5.74) is 0.524. The number of nitrogens with one attached hydrogen (secondary N) is 1. The number of hydrogen-bond donors (Lipinski definition) is 2. The summed E-state index contributed by atoms with van der Waals surface area (Å²) in [7, 11) is -4.03. The van der Waals surface area contributed by atoms with E-state index in [1.165, 1.54) is 19.9 Å². The zero-order chi connectivity index (χ0) is 16.4. The number of aliphatic carboxylic acids is 1. The van der Waals surface area contributed by atoms with E-state index in [1.807, 2.05) is 0 Å². The van der Waals surface area contributed by atoms with Crippen LogP contribution >= 0.6 is 0 Å². The maximum atomic E-state index is 12.2. The second-order valence-electron chi connectivity index (χ2n) is 4.76. The molecule has 0 spiro atoms. The monoisotopic (exact) mass is 316 g/mol. The van der Waals surface area contributed by atoms with E-state index in [0.717, 1.165) is 6.07 Å². The van der Waals surface area contributed by atoms with E-state index >= 15 is 0 Å². The lowest BCUT2D eigenvalue weighted by Crippen LogP contribution is -2.34. The zero-order valence-corrected chi connectivity index (χ0v) is 12.6. The molecule has 0 saturated heterocycles. The quantitative estimate of drug-likeness (QED) is 0.602. The molecule has 0 saturated carbocycles. The van der Waals surface area contributed by atoms with Gasteiger partial charge in [-0.3, -0.25) is 14.9 Å². The largest absolute Gasteiger partial charge is 0.481 e. The van der Waals surface area contributed by atoms with Crippen molar-refractivity contribution in [2.75, 3.05) is 0 Å². The van der Waals surface area contributed by atoms with Crippen molar-refractivity contribution < 1.29 is 23.2 Å². The van der Waals surface area contributed by atoms with Crippen molar-refractivity contribution in [3.63, 3.8) is 0 Å². The first-order chi connectivity index (χ1) is 9.54. The highest BCUT2D eigenvalue weighted by molar-refractivity contribution is 7.89. The Kier molecular flexibility index (Phi) is 5.02. The van der Waals surface area contributed by atoms with Gasteiger partial charge in [0, 0.05) is 18.2 Å². The average molecular weight is 316 g/mol. The molecule has 0 aliphatic rings. The third kappa shape index (κ3) is 4.23. The van der Waals surface area contributed by atoms with E-state index in [9.17, 15) is 23.3 Å². The zero-order valence-electron chi connectivity index (χ0n) is 11.8. The number of hydrogen-bond acceptors (Lipinski definition) is 5. The Labute approximate surface area is 122 Å². The highest BCUT2D eigenvalue weighted by Gasteiger charge is 2.24. The predicted molar refractivity (Wildman–Crippen MR) is 74.6 cm³/mol. The van der Waals surface area contributed by atoms with Crippen molar-refractivity contribution in [1.82, 2.24) is 4.72 Å². The van der Waals surface area contributed by atoms with Gasteiger partial charge in [0.2, 0.25) is 10.0 Å². The third-order valence-electron chi connectivity index (χ3n) is 2.94. The van der Waals surface area contributed by atoms with Crippen LogP contribution in [0.5, 0.6) is 0 Å². The Morgan fingerprint density at radius 3 is 2.48 bits per heavy atom. The van der Waals surface area contributed by atoms with Crippen molar-refractivity contribution in [1.29, 1.82) is 0 Å². The summed E-state index contributed by atoms with van der Waals surface area (Å²) in [6.07, 6.45) is -0.383. The van der Waals surface area contributed by atoms with Crippen LogP contribution in [0.25, 0.3) is 0 Å². The van der Waals surface area contributed by atoms with Crippen LogP contribution < -0.4 is 4.72 Å². The Hall–Kier alpha value is -2.00. The lowest BCUT2D eigenvalue weighted by Gasteiger charge is -2.14. The molecule has 1 atom stereocenters. The Balaban J connectivity index is 3.25. The topological polar surface area (TPSA) is 127 Å². The van der Waals surface area contributed by atoms with Gasteiger partial charge in [-0.15, -0.1) is 0 Å². The Morgan fingerprint density at radius 2 is 2.00 bits per heavy atom. The fraction of sp³-hybridized carbons (Fsp3) is 0.417. The maximum absolute atomic E-state index is 12.2. The number of carbonyl (C=O) groups is 1. The molecule has 1 aromatic rings. The minimum absolute atomic E-state index is 0.216. The summed E-state index contributed by atoms with van der Waals surface area (Å²) in [5, 5.41) is 19.5. The molecule has 0 aliphatic heterocycles. The van der Waals surface area contributed by atoms with Gasteiger partial charge in [-0.1, -0.05) is 0 Å². The van der Waals surface area contributed by atoms with Gasteiger partial charge < -0.3 is 5.11 Å². The van der Waals surface area contributed by atoms with Crippen molar-refractivity contribution in [2.24, 2.45) is 0 Å². The summed E-state index contributed by atoms with van der Waals surface area (Å²) in [4.78, 5) is 20.5. The van der Waals surface area contributed by atoms with E-state index in [-0.39, 0.29) is 17.0 Å². The van der Waals surface area contributed by atoms with Crippen LogP contribution in [0.1, 0.15) is 24.5 Å². The lowest BCUT2D eigenvalue weighted by atomic mass is 10.1. The standard InChI is InChI=1S/C12H16N2O6S/c1-7-4-10(14(17)18)6-11(9(7)3)21(19,20)13-8(2)5-12(15)16/h4,6,8,13H,5H2,1-3H3,(H,15,16). The third-order valence-corrected chi connectivity index (χ3v) is 4.66. The van der Waals surface area contributed by atoms with E-state index in [4.69, 9.17) is 5.11 Å². The first kappa shape index (κ1) is 17.1. The molecular weight excluding hydrogens is 300 g/mol. The first-order valence-corrected chi connectivity index (χ1v) is 7.52. The summed E-state index contributed by atoms with van der Waals surface area (Å²) < 4.78 is 26.7. The molecule has 0 heterocycles. The molecule has 1 aromatic carbocycles. The van der Waals surface area contributed by atoms with Crippen molar-refractivity contribution >= 4 is 21.7 Å². The van der Waals surface area contributed by atoms with Gasteiger partial charge in [0.25, 0.3) is 5.69 Å². The van der Waals surface area contributed by atoms with Crippen LogP contribution in [0, 0.1) is 24.0 Å². The van der Waals surface area contributed by atoms with Crippen LogP contribution in [-0.2, 0) is 14.8 Å². The Morgan fingerprint density at radius 1 is 1.43 bits per heavy atom. The number of rotatable bonds is 6. The van der Waals surface area contributed by atoms with Crippen molar-refractivity contribution in [3.05, 3.63) is 33.4 Å². The summed E-state index contributed by atoms with van der Waals surface area (Å²) in [6.45, 7) is 4.52. The van der Waals surface area contributed by atoms with Crippen LogP contribution in [0.15, 0.2) is 17.0 Å². The van der Waals surface area contributed by atoms with Gasteiger partial charge in [0.1, 0.15) is 0 Å². The normalized spacial score (nSPS) is 12.9. The molecule has 2 N–H and O–H groups in total. The van der Waals surface area contributed by atoms with Crippen molar-refractivity contribution in [2.45, 2.75) is 38.1 Å². The van der Waals surface area contributed by atoms with Gasteiger partial charge in [-0.2, -0.15) is 0 Å². The number of carboxylic acids is 1. The van der Waals surface area contributed by atoms with Gasteiger partial charge in [-0.05, 0) is 31.9 Å². The molecule has 0 aromatic heterocycles. The molecule has 116 valence electrons. The lowest BCUT2D eigenvalue weighted by molar-refractivity contribution is -0.385. The molecule has 1 rings (SSSR count). The van der Waals surface area contributed by atoms with E-state index in [0.29, 0.717) is 11.1 Å². The van der Waals surface area contributed by atoms with E-state index < -0.39 is 27.0 Å². The van der Waals surface area contributed by atoms with Gasteiger partial charge in [0.05, 0.1) is 16.2 Å². The number of nitrogens with zero attached hydrogens (tertiary/aromatic N) is 1. The van der Waals surface area contributed by atoms with Gasteiger partial charge >= 0.3 is 5.97 Å². The number of nitro groups is 1. The second-order valence-corrected chi connectivity index (χ2v) is 6.45. The number of sulfonamides is 1. The van der Waals surface area contributed by atoms with Crippen LogP contribution in [0.2, 0.25) is 0 Å². The van der Waals surface area contributed by atoms with Crippen LogP contribution in [-0.4, -0.2) is 30.5 Å². The molecular formula is C12H16N2O6S. The van der Waals surface area contributed by atoms with Crippen LogP contribution in [0.3, 0.4) is 0 Å².